The topological polar surface area (TPSA) is 89.7 Å². The van der Waals surface area contributed by atoms with Crippen LogP contribution in [0.1, 0.15) is 15.9 Å². The van der Waals surface area contributed by atoms with E-state index in [-0.39, 0.29) is 11.4 Å². The highest BCUT2D eigenvalue weighted by molar-refractivity contribution is 6.17. The van der Waals surface area contributed by atoms with Crippen LogP contribution in [0.4, 0.5) is 14.5 Å². The summed E-state index contributed by atoms with van der Waals surface area (Å²) in [5.74, 6) is -2.47. The molecular weight excluding hydrogens is 276 g/mol. The van der Waals surface area contributed by atoms with Gasteiger partial charge in [0, 0.05) is 5.88 Å². The van der Waals surface area contributed by atoms with E-state index in [4.69, 9.17) is 16.7 Å². The van der Waals surface area contributed by atoms with Crippen molar-refractivity contribution in [2.24, 2.45) is 0 Å². The number of benzene rings is 1. The minimum Gasteiger partial charge on any atom is -0.477 e. The Morgan fingerprint density at radius 1 is 1.56 bits per heavy atom. The van der Waals surface area contributed by atoms with E-state index in [9.17, 15) is 23.7 Å². The maximum atomic E-state index is 12.0. The minimum atomic E-state index is -3.18. The quantitative estimate of drug-likeness (QED) is 0.509. The fourth-order valence-electron chi connectivity index (χ4n) is 1.32. The lowest BCUT2D eigenvalue weighted by Gasteiger charge is -2.08. The molecule has 1 N–H and O–H groups in total. The van der Waals surface area contributed by atoms with Crippen LogP contribution in [0.3, 0.4) is 0 Å². The number of carboxylic acids is 1. The van der Waals surface area contributed by atoms with Gasteiger partial charge in [0.05, 0.1) is 11.0 Å². The first-order valence-corrected chi connectivity index (χ1v) is 4.95. The molecule has 0 spiro atoms. The van der Waals surface area contributed by atoms with Crippen LogP contribution < -0.4 is 4.74 Å². The number of carboxylic acid groups (broad SMARTS) is 1. The normalized spacial score (nSPS) is 10.4. The Hall–Kier alpha value is -1.96. The summed E-state index contributed by atoms with van der Waals surface area (Å²) >= 11 is 5.43. The first kappa shape index (κ1) is 14.1. The summed E-state index contributed by atoms with van der Waals surface area (Å²) in [7, 11) is 0. The van der Waals surface area contributed by atoms with Crippen molar-refractivity contribution in [3.63, 3.8) is 0 Å². The molecule has 6 nitrogen and oxygen atoms in total. The van der Waals surface area contributed by atoms with Crippen LogP contribution in [0.2, 0.25) is 0 Å². The van der Waals surface area contributed by atoms with Gasteiger partial charge in [-0.2, -0.15) is 8.78 Å². The summed E-state index contributed by atoms with van der Waals surface area (Å²) in [6.07, 6.45) is 0. The Labute approximate surface area is 104 Å². The Morgan fingerprint density at radius 2 is 2.17 bits per heavy atom. The second kappa shape index (κ2) is 5.58. The van der Waals surface area contributed by atoms with E-state index in [1.54, 1.807) is 0 Å². The Balaban J connectivity index is 3.43. The van der Waals surface area contributed by atoms with E-state index in [1.807, 2.05) is 0 Å². The second-order valence-corrected chi connectivity index (χ2v) is 3.32. The van der Waals surface area contributed by atoms with E-state index in [0.717, 1.165) is 6.07 Å². The lowest BCUT2D eigenvalue weighted by Crippen LogP contribution is -2.09. The summed E-state index contributed by atoms with van der Waals surface area (Å²) in [5, 5.41) is 19.5. The SMILES string of the molecule is O=C(O)c1c(CCl)cc(OC(F)F)cc1[N+](=O)[O-]. The molecule has 1 aromatic carbocycles. The summed E-state index contributed by atoms with van der Waals surface area (Å²) in [6, 6.07) is 1.54. The summed E-state index contributed by atoms with van der Waals surface area (Å²) in [6.45, 7) is -3.18. The molecule has 0 radical (unpaired) electrons. The third-order valence-corrected chi connectivity index (χ3v) is 2.24. The number of halogens is 3. The van der Waals surface area contributed by atoms with Crippen molar-refractivity contribution in [1.29, 1.82) is 0 Å². The summed E-state index contributed by atoms with van der Waals surface area (Å²) < 4.78 is 28.0. The predicted octanol–water partition coefficient (Wildman–Crippen LogP) is 2.63. The van der Waals surface area contributed by atoms with E-state index in [2.05, 4.69) is 4.74 Å². The number of nitro benzene ring substituents is 1. The lowest BCUT2D eigenvalue weighted by molar-refractivity contribution is -0.385. The minimum absolute atomic E-state index is 0.172. The molecule has 0 atom stereocenters. The molecule has 9 heteroatoms. The summed E-state index contributed by atoms with van der Waals surface area (Å²) in [5.41, 5.74) is -1.66. The van der Waals surface area contributed by atoms with Gasteiger partial charge in [-0.15, -0.1) is 11.6 Å². The molecule has 0 fully saturated rings. The lowest BCUT2D eigenvalue weighted by atomic mass is 10.1. The number of nitrogens with zero attached hydrogens (tertiary/aromatic N) is 1. The van der Waals surface area contributed by atoms with Crippen molar-refractivity contribution in [3.8, 4) is 5.75 Å². The number of rotatable bonds is 5. The predicted molar refractivity (Wildman–Crippen MR) is 56.2 cm³/mol. The number of ether oxygens (including phenoxy) is 1. The van der Waals surface area contributed by atoms with Gasteiger partial charge in [-0.05, 0) is 11.6 Å². The molecule has 0 unspecified atom stereocenters. The molecule has 0 aliphatic rings. The van der Waals surface area contributed by atoms with Crippen molar-refractivity contribution in [2.75, 3.05) is 0 Å². The van der Waals surface area contributed by atoms with Gasteiger partial charge in [0.2, 0.25) is 0 Å². The second-order valence-electron chi connectivity index (χ2n) is 3.05. The molecule has 1 rings (SSSR count). The number of nitro groups is 1. The van der Waals surface area contributed by atoms with Crippen LogP contribution in [0, 0.1) is 10.1 Å². The highest BCUT2D eigenvalue weighted by Crippen LogP contribution is 2.30. The zero-order valence-electron chi connectivity index (χ0n) is 8.60. The number of carbonyl (C=O) groups is 1. The molecular formula is C9H6ClF2NO5. The van der Waals surface area contributed by atoms with Crippen LogP contribution in [0.25, 0.3) is 0 Å². The van der Waals surface area contributed by atoms with Crippen molar-refractivity contribution >= 4 is 23.3 Å². The average molecular weight is 282 g/mol. The van der Waals surface area contributed by atoms with Gasteiger partial charge in [0.15, 0.2) is 0 Å². The highest BCUT2D eigenvalue weighted by atomic mass is 35.5. The highest BCUT2D eigenvalue weighted by Gasteiger charge is 2.26. The van der Waals surface area contributed by atoms with Gasteiger partial charge in [-0.3, -0.25) is 10.1 Å². The molecule has 0 heterocycles. The van der Waals surface area contributed by atoms with Gasteiger partial charge < -0.3 is 9.84 Å². The third-order valence-electron chi connectivity index (χ3n) is 1.95. The molecule has 0 saturated carbocycles. The summed E-state index contributed by atoms with van der Waals surface area (Å²) in [4.78, 5) is 20.6. The number of alkyl halides is 3. The fourth-order valence-corrected chi connectivity index (χ4v) is 1.53. The first-order chi connectivity index (χ1) is 8.36. The zero-order chi connectivity index (χ0) is 13.9. The van der Waals surface area contributed by atoms with Gasteiger partial charge in [-0.1, -0.05) is 0 Å². The fraction of sp³-hybridized carbons (Fsp3) is 0.222. The van der Waals surface area contributed by atoms with Crippen LogP contribution >= 0.6 is 11.6 Å². The molecule has 0 bridgehead atoms. The zero-order valence-corrected chi connectivity index (χ0v) is 9.36. The molecule has 0 aliphatic carbocycles. The molecule has 0 aromatic heterocycles. The third kappa shape index (κ3) is 3.04. The molecule has 0 saturated heterocycles. The number of hydrogen-bond donors (Lipinski definition) is 1. The van der Waals surface area contributed by atoms with Crippen LogP contribution in [0.5, 0.6) is 5.75 Å². The van der Waals surface area contributed by atoms with Gasteiger partial charge >= 0.3 is 12.6 Å². The smallest absolute Gasteiger partial charge is 0.387 e. The van der Waals surface area contributed by atoms with E-state index >= 15 is 0 Å². The maximum absolute atomic E-state index is 12.0. The first-order valence-electron chi connectivity index (χ1n) is 4.42. The van der Waals surface area contributed by atoms with Crippen LogP contribution in [-0.2, 0) is 5.88 Å². The molecule has 0 amide bonds. The van der Waals surface area contributed by atoms with Crippen molar-refractivity contribution < 1.29 is 28.3 Å². The number of aromatic carboxylic acids is 1. The van der Waals surface area contributed by atoms with Crippen LogP contribution in [-0.4, -0.2) is 22.6 Å². The number of hydrogen-bond acceptors (Lipinski definition) is 4. The van der Waals surface area contributed by atoms with Crippen LogP contribution in [0.15, 0.2) is 12.1 Å². The Morgan fingerprint density at radius 3 is 2.56 bits per heavy atom. The molecule has 0 aliphatic heterocycles. The van der Waals surface area contributed by atoms with Gasteiger partial charge in [0.1, 0.15) is 11.3 Å². The molecule has 98 valence electrons. The van der Waals surface area contributed by atoms with Gasteiger partial charge in [0.25, 0.3) is 5.69 Å². The largest absolute Gasteiger partial charge is 0.477 e. The Bertz CT molecular complexity index is 494. The molecule has 1 aromatic rings. The Kier molecular flexibility index (Phi) is 4.38. The van der Waals surface area contributed by atoms with Crippen molar-refractivity contribution in [2.45, 2.75) is 12.5 Å². The molecule has 18 heavy (non-hydrogen) atoms. The van der Waals surface area contributed by atoms with E-state index < -0.39 is 34.5 Å². The van der Waals surface area contributed by atoms with Crippen molar-refractivity contribution in [3.05, 3.63) is 33.4 Å². The maximum Gasteiger partial charge on any atom is 0.387 e. The van der Waals surface area contributed by atoms with Crippen molar-refractivity contribution in [1.82, 2.24) is 0 Å². The average Bonchev–Trinajstić information content (AvgIpc) is 2.26. The standard InChI is InChI=1S/C9H6ClF2NO5/c10-3-4-1-5(18-9(11)12)2-6(13(16)17)7(4)8(14)15/h1-2,9H,3H2,(H,14,15). The van der Waals surface area contributed by atoms with E-state index in [1.165, 1.54) is 0 Å². The van der Waals surface area contributed by atoms with E-state index in [0.29, 0.717) is 6.07 Å². The van der Waals surface area contributed by atoms with Gasteiger partial charge in [-0.25, -0.2) is 4.79 Å². The monoisotopic (exact) mass is 281 g/mol.